The van der Waals surface area contributed by atoms with Crippen LogP contribution in [0.25, 0.3) is 10.2 Å². The van der Waals surface area contributed by atoms with Crippen LogP contribution >= 0.6 is 11.3 Å². The highest BCUT2D eigenvalue weighted by Crippen LogP contribution is 2.33. The predicted molar refractivity (Wildman–Crippen MR) is 108 cm³/mol. The van der Waals surface area contributed by atoms with Gasteiger partial charge in [-0.15, -0.1) is 11.3 Å². The van der Waals surface area contributed by atoms with E-state index in [1.807, 2.05) is 12.1 Å². The number of hydrogen-bond donors (Lipinski definition) is 1. The van der Waals surface area contributed by atoms with Gasteiger partial charge in [-0.2, -0.15) is 0 Å². The van der Waals surface area contributed by atoms with Crippen LogP contribution in [0.1, 0.15) is 30.2 Å². The lowest BCUT2D eigenvalue weighted by atomic mass is 9.97. The number of thiazole rings is 1. The molecule has 7 heteroatoms. The molecule has 1 saturated heterocycles. The number of hydrogen-bond acceptors (Lipinski definition) is 4. The van der Waals surface area contributed by atoms with Gasteiger partial charge in [-0.25, -0.2) is 13.8 Å². The fourth-order valence-corrected chi connectivity index (χ4v) is 4.66. The van der Waals surface area contributed by atoms with Gasteiger partial charge in [0.05, 0.1) is 15.2 Å². The number of nitrogens with one attached hydrogen (secondary N) is 1. The maximum atomic E-state index is 13.2. The Balaban J connectivity index is 1.25. The van der Waals surface area contributed by atoms with Crippen LogP contribution < -0.4 is 5.32 Å². The smallest absolute Gasteiger partial charge is 0.225 e. The van der Waals surface area contributed by atoms with E-state index in [-0.39, 0.29) is 11.6 Å². The van der Waals surface area contributed by atoms with Crippen molar-refractivity contribution in [3.05, 3.63) is 59.1 Å². The number of aromatic nitrogens is 1. The Hall–Kier alpha value is -2.38. The summed E-state index contributed by atoms with van der Waals surface area (Å²) in [6.07, 6.45) is 2.39. The van der Waals surface area contributed by atoms with Crippen molar-refractivity contribution in [3.8, 4) is 0 Å². The first-order valence-electron chi connectivity index (χ1n) is 9.41. The molecule has 0 spiro atoms. The molecule has 0 aliphatic carbocycles. The van der Waals surface area contributed by atoms with Crippen molar-refractivity contribution in [2.24, 2.45) is 0 Å². The summed E-state index contributed by atoms with van der Waals surface area (Å²) in [5, 5.41) is 3.82. The second-order valence-electron chi connectivity index (χ2n) is 7.06. The molecule has 4 nitrogen and oxygen atoms in total. The van der Waals surface area contributed by atoms with Crippen molar-refractivity contribution < 1.29 is 13.6 Å². The zero-order valence-electron chi connectivity index (χ0n) is 15.3. The van der Waals surface area contributed by atoms with Crippen molar-refractivity contribution in [2.75, 3.05) is 25.0 Å². The van der Waals surface area contributed by atoms with Crippen LogP contribution in [0.4, 0.5) is 14.5 Å². The molecule has 1 N–H and O–H groups in total. The van der Waals surface area contributed by atoms with Crippen molar-refractivity contribution in [2.45, 2.75) is 25.2 Å². The average Bonchev–Trinajstić information content (AvgIpc) is 3.14. The average molecular weight is 401 g/mol. The Labute approximate surface area is 166 Å². The predicted octanol–water partition coefficient (Wildman–Crippen LogP) is 4.78. The summed E-state index contributed by atoms with van der Waals surface area (Å²) in [5.74, 6) is -1.60. The number of amides is 1. The lowest BCUT2D eigenvalue weighted by Crippen LogP contribution is -2.35. The Bertz CT molecular complexity index is 950. The van der Waals surface area contributed by atoms with E-state index in [1.165, 1.54) is 15.8 Å². The fourth-order valence-electron chi connectivity index (χ4n) is 3.53. The summed E-state index contributed by atoms with van der Waals surface area (Å²) in [6, 6.07) is 11.6. The molecule has 0 saturated carbocycles. The van der Waals surface area contributed by atoms with Gasteiger partial charge >= 0.3 is 0 Å². The molecule has 3 aromatic rings. The van der Waals surface area contributed by atoms with Crippen LogP contribution in [-0.2, 0) is 4.79 Å². The summed E-state index contributed by atoms with van der Waals surface area (Å²) in [5.41, 5.74) is 1.34. The molecule has 2 heterocycles. The SMILES string of the molecule is O=C(CCN1CCC(c2nc3ccccc3s2)CC1)Nc1ccc(F)c(F)c1. The molecule has 28 heavy (non-hydrogen) atoms. The number of para-hydroxylation sites is 1. The van der Waals surface area contributed by atoms with E-state index < -0.39 is 11.6 Å². The molecular weight excluding hydrogens is 380 g/mol. The normalized spacial score (nSPS) is 15.8. The maximum Gasteiger partial charge on any atom is 0.225 e. The highest BCUT2D eigenvalue weighted by molar-refractivity contribution is 7.18. The Kier molecular flexibility index (Phi) is 5.64. The number of anilines is 1. The molecule has 1 amide bonds. The lowest BCUT2D eigenvalue weighted by molar-refractivity contribution is -0.116. The van der Waals surface area contributed by atoms with Crippen LogP contribution in [0.5, 0.6) is 0 Å². The standard InChI is InChI=1S/C21H21F2N3OS/c22-16-6-5-15(13-17(16)23)24-20(27)9-12-26-10-7-14(8-11-26)21-25-18-3-1-2-4-19(18)28-21/h1-6,13-14H,7-12H2,(H,24,27). The van der Waals surface area contributed by atoms with E-state index >= 15 is 0 Å². The first-order valence-corrected chi connectivity index (χ1v) is 10.2. The number of fused-ring (bicyclic) bond motifs is 1. The molecule has 2 aromatic carbocycles. The number of rotatable bonds is 5. The Morgan fingerprint density at radius 1 is 1.14 bits per heavy atom. The summed E-state index contributed by atoms with van der Waals surface area (Å²) >= 11 is 1.78. The van der Waals surface area contributed by atoms with Crippen LogP contribution in [-0.4, -0.2) is 35.4 Å². The van der Waals surface area contributed by atoms with E-state index in [2.05, 4.69) is 22.3 Å². The zero-order chi connectivity index (χ0) is 19.5. The minimum absolute atomic E-state index is 0.195. The van der Waals surface area contributed by atoms with Crippen LogP contribution in [0.2, 0.25) is 0 Å². The van der Waals surface area contributed by atoms with Crippen LogP contribution in [0.3, 0.4) is 0 Å². The van der Waals surface area contributed by atoms with Gasteiger partial charge in [-0.1, -0.05) is 12.1 Å². The molecule has 0 atom stereocenters. The molecule has 1 aliphatic heterocycles. The molecular formula is C21H21F2N3OS. The molecule has 0 bridgehead atoms. The Morgan fingerprint density at radius 2 is 1.93 bits per heavy atom. The zero-order valence-corrected chi connectivity index (χ0v) is 16.1. The van der Waals surface area contributed by atoms with Gasteiger partial charge in [0.15, 0.2) is 11.6 Å². The van der Waals surface area contributed by atoms with Gasteiger partial charge in [-0.05, 0) is 50.2 Å². The molecule has 146 valence electrons. The maximum absolute atomic E-state index is 13.2. The second-order valence-corrected chi connectivity index (χ2v) is 8.13. The molecule has 0 radical (unpaired) electrons. The first kappa shape index (κ1) is 19.0. The van der Waals surface area contributed by atoms with Gasteiger partial charge < -0.3 is 10.2 Å². The fraction of sp³-hybridized carbons (Fsp3) is 0.333. The Morgan fingerprint density at radius 3 is 2.68 bits per heavy atom. The minimum Gasteiger partial charge on any atom is -0.326 e. The number of likely N-dealkylation sites (tertiary alicyclic amines) is 1. The molecule has 1 aromatic heterocycles. The number of piperidine rings is 1. The third-order valence-electron chi connectivity index (χ3n) is 5.11. The number of nitrogens with zero attached hydrogens (tertiary/aromatic N) is 2. The van der Waals surface area contributed by atoms with Crippen molar-refractivity contribution in [1.29, 1.82) is 0 Å². The number of benzene rings is 2. The summed E-state index contributed by atoms with van der Waals surface area (Å²) in [6.45, 7) is 2.51. The van der Waals surface area contributed by atoms with Gasteiger partial charge in [0, 0.05) is 30.6 Å². The van der Waals surface area contributed by atoms with E-state index in [0.717, 1.165) is 43.6 Å². The van der Waals surface area contributed by atoms with Gasteiger partial charge in [-0.3, -0.25) is 4.79 Å². The topological polar surface area (TPSA) is 45.2 Å². The van der Waals surface area contributed by atoms with Gasteiger partial charge in [0.1, 0.15) is 0 Å². The summed E-state index contributed by atoms with van der Waals surface area (Å²) < 4.78 is 27.4. The molecule has 0 unspecified atom stereocenters. The van der Waals surface area contributed by atoms with Gasteiger partial charge in [0.25, 0.3) is 0 Å². The highest BCUT2D eigenvalue weighted by atomic mass is 32.1. The lowest BCUT2D eigenvalue weighted by Gasteiger charge is -2.30. The van der Waals surface area contributed by atoms with Crippen molar-refractivity contribution in [1.82, 2.24) is 9.88 Å². The van der Waals surface area contributed by atoms with Crippen LogP contribution in [0, 0.1) is 11.6 Å². The molecule has 1 fully saturated rings. The van der Waals surface area contributed by atoms with E-state index in [0.29, 0.717) is 18.9 Å². The quantitative estimate of drug-likeness (QED) is 0.669. The van der Waals surface area contributed by atoms with Crippen molar-refractivity contribution >= 4 is 33.1 Å². The number of carbonyl (C=O) groups excluding carboxylic acids is 1. The first-order chi connectivity index (χ1) is 13.6. The second kappa shape index (κ2) is 8.32. The monoisotopic (exact) mass is 401 g/mol. The van der Waals surface area contributed by atoms with E-state index in [1.54, 1.807) is 11.3 Å². The third-order valence-corrected chi connectivity index (χ3v) is 6.30. The van der Waals surface area contributed by atoms with Crippen molar-refractivity contribution in [3.63, 3.8) is 0 Å². The summed E-state index contributed by atoms with van der Waals surface area (Å²) in [7, 11) is 0. The minimum atomic E-state index is -0.963. The largest absolute Gasteiger partial charge is 0.326 e. The summed E-state index contributed by atoms with van der Waals surface area (Å²) in [4.78, 5) is 19.1. The highest BCUT2D eigenvalue weighted by Gasteiger charge is 2.23. The molecule has 4 rings (SSSR count). The van der Waals surface area contributed by atoms with Crippen LogP contribution in [0.15, 0.2) is 42.5 Å². The van der Waals surface area contributed by atoms with Gasteiger partial charge in [0.2, 0.25) is 5.91 Å². The third kappa shape index (κ3) is 4.36. The van der Waals surface area contributed by atoms with E-state index in [9.17, 15) is 13.6 Å². The molecule has 1 aliphatic rings. The van der Waals surface area contributed by atoms with E-state index in [4.69, 9.17) is 4.98 Å². The number of halogens is 2. The number of carbonyl (C=O) groups is 1.